The molecule has 0 saturated carbocycles. The molecule has 0 saturated heterocycles. The summed E-state index contributed by atoms with van der Waals surface area (Å²) in [6.07, 6.45) is 2.15. The number of nitrogens with one attached hydrogen (secondary N) is 1. The number of rotatable bonds is 6. The first-order chi connectivity index (χ1) is 15.4. The van der Waals surface area contributed by atoms with Crippen LogP contribution in [-0.2, 0) is 17.8 Å². The van der Waals surface area contributed by atoms with Gasteiger partial charge >= 0.3 is 0 Å². The Morgan fingerprint density at radius 1 is 1.28 bits per heavy atom. The molecule has 32 heavy (non-hydrogen) atoms. The van der Waals surface area contributed by atoms with E-state index in [9.17, 15) is 9.59 Å². The summed E-state index contributed by atoms with van der Waals surface area (Å²) in [5.74, 6) is 0.505. The molecule has 1 aliphatic heterocycles. The molecule has 0 radical (unpaired) electrons. The first-order valence-electron chi connectivity index (χ1n) is 10.7. The van der Waals surface area contributed by atoms with Gasteiger partial charge in [0.2, 0.25) is 5.91 Å². The number of nitrogen functional groups attached to an aromatic ring is 1. The molecular formula is C23H27N5O3S. The molecule has 0 bridgehead atoms. The van der Waals surface area contributed by atoms with Gasteiger partial charge < -0.3 is 20.7 Å². The first-order valence-corrected chi connectivity index (χ1v) is 11.5. The first kappa shape index (κ1) is 22.0. The molecular weight excluding hydrogens is 426 g/mol. The Morgan fingerprint density at radius 3 is 2.81 bits per heavy atom. The highest BCUT2D eigenvalue weighted by molar-refractivity contribution is 7.19. The van der Waals surface area contributed by atoms with Crippen LogP contribution in [0.5, 0.6) is 5.75 Å². The molecule has 8 nitrogen and oxygen atoms in total. The number of ether oxygens (including phenoxy) is 1. The Kier molecular flexibility index (Phi) is 6.27. The normalized spacial score (nSPS) is 14.3. The van der Waals surface area contributed by atoms with E-state index in [1.807, 2.05) is 26.8 Å². The minimum Gasteiger partial charge on any atom is -0.493 e. The van der Waals surface area contributed by atoms with Crippen molar-refractivity contribution in [1.29, 1.82) is 0 Å². The largest absolute Gasteiger partial charge is 0.493 e. The number of nitrogens with two attached hydrogens (primary N) is 1. The van der Waals surface area contributed by atoms with Gasteiger partial charge in [-0.05, 0) is 37.0 Å². The molecule has 1 aromatic carbocycles. The summed E-state index contributed by atoms with van der Waals surface area (Å²) in [4.78, 5) is 38.6. The van der Waals surface area contributed by atoms with E-state index in [1.54, 1.807) is 34.4 Å². The van der Waals surface area contributed by atoms with E-state index < -0.39 is 6.04 Å². The number of hydrogen-bond donors (Lipinski definition) is 2. The van der Waals surface area contributed by atoms with Crippen LogP contribution in [0.2, 0.25) is 0 Å². The van der Waals surface area contributed by atoms with Gasteiger partial charge in [0.1, 0.15) is 28.8 Å². The van der Waals surface area contributed by atoms with Gasteiger partial charge in [-0.25, -0.2) is 9.97 Å². The Bertz CT molecular complexity index is 1160. The zero-order valence-electron chi connectivity index (χ0n) is 18.4. The van der Waals surface area contributed by atoms with E-state index >= 15 is 0 Å². The lowest BCUT2D eigenvalue weighted by Gasteiger charge is -2.32. The molecule has 3 heterocycles. The maximum atomic E-state index is 13.4. The summed E-state index contributed by atoms with van der Waals surface area (Å²) in [6.45, 7) is 7.22. The molecule has 0 unspecified atom stereocenters. The van der Waals surface area contributed by atoms with E-state index in [-0.39, 0.29) is 17.7 Å². The fraction of sp³-hybridized carbons (Fsp3) is 0.391. The van der Waals surface area contributed by atoms with Crippen LogP contribution in [-0.4, -0.2) is 45.9 Å². The highest BCUT2D eigenvalue weighted by Gasteiger charge is 2.33. The van der Waals surface area contributed by atoms with Crippen LogP contribution < -0.4 is 15.8 Å². The lowest BCUT2D eigenvalue weighted by molar-refractivity contribution is -0.135. The van der Waals surface area contributed by atoms with Crippen LogP contribution >= 0.6 is 11.3 Å². The van der Waals surface area contributed by atoms with Crippen molar-refractivity contribution in [2.75, 3.05) is 18.9 Å². The van der Waals surface area contributed by atoms with E-state index in [4.69, 9.17) is 10.5 Å². The second-order valence-corrected chi connectivity index (χ2v) is 9.16. The Labute approximate surface area is 190 Å². The number of carbonyl (C=O) groups is 2. The average molecular weight is 454 g/mol. The summed E-state index contributed by atoms with van der Waals surface area (Å²) < 4.78 is 5.58. The van der Waals surface area contributed by atoms with E-state index in [0.29, 0.717) is 43.2 Å². The van der Waals surface area contributed by atoms with Crippen molar-refractivity contribution < 1.29 is 14.3 Å². The third-order valence-electron chi connectivity index (χ3n) is 5.63. The summed E-state index contributed by atoms with van der Waals surface area (Å²) >= 11 is 1.54. The average Bonchev–Trinajstić information content (AvgIpc) is 3.16. The number of para-hydroxylation sites is 1. The van der Waals surface area contributed by atoms with Gasteiger partial charge in [-0.2, -0.15) is 0 Å². The van der Waals surface area contributed by atoms with Gasteiger partial charge in [0.05, 0.1) is 24.1 Å². The molecule has 1 atom stereocenters. The van der Waals surface area contributed by atoms with Gasteiger partial charge in [-0.1, -0.05) is 26.0 Å². The number of amides is 2. The zero-order valence-corrected chi connectivity index (χ0v) is 19.2. The van der Waals surface area contributed by atoms with Crippen molar-refractivity contribution in [1.82, 2.24) is 20.2 Å². The van der Waals surface area contributed by atoms with Crippen LogP contribution in [0.1, 0.15) is 41.6 Å². The molecule has 9 heteroatoms. The second kappa shape index (κ2) is 9.12. The molecule has 168 valence electrons. The summed E-state index contributed by atoms with van der Waals surface area (Å²) in [7, 11) is 0. The molecule has 2 amide bonds. The number of hydrogen-bond acceptors (Lipinski definition) is 7. The molecule has 1 aliphatic rings. The highest BCUT2D eigenvalue weighted by Crippen LogP contribution is 2.36. The van der Waals surface area contributed by atoms with Crippen molar-refractivity contribution in [3.05, 3.63) is 46.6 Å². The lowest BCUT2D eigenvalue weighted by atomic mass is 9.99. The Balaban J connectivity index is 1.54. The molecule has 3 N–H and O–H groups in total. The van der Waals surface area contributed by atoms with Crippen molar-refractivity contribution in [3.8, 4) is 5.75 Å². The number of fused-ring (bicyclic) bond motifs is 3. The number of anilines is 1. The Morgan fingerprint density at radius 2 is 2.06 bits per heavy atom. The molecule has 4 rings (SSSR count). The monoisotopic (exact) mass is 453 g/mol. The van der Waals surface area contributed by atoms with Crippen molar-refractivity contribution in [2.45, 2.75) is 39.8 Å². The lowest BCUT2D eigenvalue weighted by Crippen LogP contribution is -2.52. The molecule has 0 fully saturated rings. The van der Waals surface area contributed by atoms with E-state index in [1.165, 1.54) is 6.33 Å². The molecule has 2 aromatic heterocycles. The minimum absolute atomic E-state index is 0.0731. The van der Waals surface area contributed by atoms with Crippen LogP contribution in [0.4, 0.5) is 5.82 Å². The highest BCUT2D eigenvalue weighted by atomic mass is 32.1. The van der Waals surface area contributed by atoms with E-state index in [0.717, 1.165) is 20.7 Å². The third-order valence-corrected chi connectivity index (χ3v) is 6.75. The van der Waals surface area contributed by atoms with Crippen LogP contribution in [0.15, 0.2) is 30.6 Å². The van der Waals surface area contributed by atoms with Crippen LogP contribution in [0.25, 0.3) is 10.2 Å². The third kappa shape index (κ3) is 4.12. The zero-order chi connectivity index (χ0) is 22.8. The van der Waals surface area contributed by atoms with Crippen molar-refractivity contribution in [3.63, 3.8) is 0 Å². The fourth-order valence-corrected chi connectivity index (χ4v) is 5.22. The van der Waals surface area contributed by atoms with E-state index in [2.05, 4.69) is 15.3 Å². The number of thiophene rings is 1. The SMILES string of the molecule is CCOc1ccccc1C(=O)N[C@H](C(=O)N1CCc2c(sc3ncnc(N)c23)C1)C(C)C. The van der Waals surface area contributed by atoms with Crippen LogP contribution in [0.3, 0.4) is 0 Å². The standard InChI is InChI=1S/C23H27N5O3S/c1-4-31-16-8-6-5-7-14(16)21(29)27-19(13(2)3)23(30)28-10-9-15-17(11-28)32-22-18(15)20(24)25-12-26-22/h5-8,12-13,19H,4,9-11H2,1-3H3,(H,27,29)(H2,24,25,26)/t19-/m0/s1. The number of benzene rings is 1. The number of nitrogens with zero attached hydrogens (tertiary/aromatic N) is 3. The number of aromatic nitrogens is 2. The van der Waals surface area contributed by atoms with Gasteiger partial charge in [0.25, 0.3) is 5.91 Å². The maximum absolute atomic E-state index is 13.4. The van der Waals surface area contributed by atoms with Crippen molar-refractivity contribution in [2.24, 2.45) is 5.92 Å². The maximum Gasteiger partial charge on any atom is 0.255 e. The molecule has 0 aliphatic carbocycles. The molecule has 0 spiro atoms. The smallest absolute Gasteiger partial charge is 0.255 e. The summed E-state index contributed by atoms with van der Waals surface area (Å²) in [6, 6.07) is 6.43. The second-order valence-electron chi connectivity index (χ2n) is 8.08. The van der Waals surface area contributed by atoms with Crippen molar-refractivity contribution >= 4 is 39.2 Å². The van der Waals surface area contributed by atoms with Crippen LogP contribution in [0, 0.1) is 5.92 Å². The molecule has 3 aromatic rings. The van der Waals surface area contributed by atoms with Gasteiger partial charge in [-0.15, -0.1) is 11.3 Å². The number of carbonyl (C=O) groups excluding carboxylic acids is 2. The minimum atomic E-state index is -0.641. The summed E-state index contributed by atoms with van der Waals surface area (Å²) in [5.41, 5.74) is 7.62. The van der Waals surface area contributed by atoms with Gasteiger partial charge in [0, 0.05) is 11.4 Å². The predicted molar refractivity (Wildman–Crippen MR) is 125 cm³/mol. The Hall–Kier alpha value is -3.20. The van der Waals surface area contributed by atoms with Gasteiger partial charge in [0.15, 0.2) is 0 Å². The summed E-state index contributed by atoms with van der Waals surface area (Å²) in [5, 5.41) is 3.84. The topological polar surface area (TPSA) is 110 Å². The predicted octanol–water partition coefficient (Wildman–Crippen LogP) is 3.01. The fourth-order valence-electron chi connectivity index (χ4n) is 4.01. The van der Waals surface area contributed by atoms with Gasteiger partial charge in [-0.3, -0.25) is 9.59 Å². The quantitative estimate of drug-likeness (QED) is 0.594.